The normalized spacial score (nSPS) is 21.2. The molecule has 0 unspecified atom stereocenters. The topological polar surface area (TPSA) is 45.5 Å². The first-order chi connectivity index (χ1) is 11.7. The fourth-order valence-corrected chi connectivity index (χ4v) is 5.46. The SMILES string of the molecule is CN=C(NCCCn1cc(C)cn1)N1CCSC2(CCCCC2)C1. The zero-order chi connectivity index (χ0) is 16.8. The van der Waals surface area contributed by atoms with Gasteiger partial charge >= 0.3 is 0 Å². The average molecular weight is 350 g/mol. The van der Waals surface area contributed by atoms with Crippen LogP contribution in [0.2, 0.25) is 0 Å². The Morgan fingerprint density at radius 1 is 1.38 bits per heavy atom. The Labute approximate surface area is 150 Å². The van der Waals surface area contributed by atoms with Gasteiger partial charge in [-0.25, -0.2) is 0 Å². The summed E-state index contributed by atoms with van der Waals surface area (Å²) >= 11 is 2.21. The molecule has 1 aliphatic heterocycles. The van der Waals surface area contributed by atoms with Gasteiger partial charge in [-0.15, -0.1) is 0 Å². The highest BCUT2D eigenvalue weighted by Gasteiger charge is 2.38. The van der Waals surface area contributed by atoms with Crippen LogP contribution in [0, 0.1) is 6.92 Å². The van der Waals surface area contributed by atoms with Gasteiger partial charge in [0.05, 0.1) is 6.20 Å². The second-order valence-corrected chi connectivity index (χ2v) is 8.68. The van der Waals surface area contributed by atoms with Crippen molar-refractivity contribution in [3.05, 3.63) is 18.0 Å². The molecular formula is C18H31N5S. The minimum absolute atomic E-state index is 0.487. The Bertz CT molecular complexity index is 542. The highest BCUT2D eigenvalue weighted by molar-refractivity contribution is 8.00. The second kappa shape index (κ2) is 8.28. The maximum absolute atomic E-state index is 4.54. The molecule has 1 aromatic rings. The van der Waals surface area contributed by atoms with Crippen molar-refractivity contribution >= 4 is 17.7 Å². The van der Waals surface area contributed by atoms with Crippen LogP contribution in [-0.4, -0.2) is 57.8 Å². The van der Waals surface area contributed by atoms with E-state index in [9.17, 15) is 0 Å². The first kappa shape index (κ1) is 17.6. The number of aromatic nitrogens is 2. The van der Waals surface area contributed by atoms with E-state index in [-0.39, 0.29) is 0 Å². The first-order valence-corrected chi connectivity index (χ1v) is 10.3. The van der Waals surface area contributed by atoms with E-state index in [1.165, 1.54) is 43.4 Å². The number of nitrogens with zero attached hydrogens (tertiary/aromatic N) is 4. The van der Waals surface area contributed by atoms with Gasteiger partial charge in [-0.2, -0.15) is 16.9 Å². The highest BCUT2D eigenvalue weighted by atomic mass is 32.2. The first-order valence-electron chi connectivity index (χ1n) is 9.29. The van der Waals surface area contributed by atoms with Gasteiger partial charge in [0, 0.05) is 49.9 Å². The summed E-state index contributed by atoms with van der Waals surface area (Å²) in [5, 5.41) is 7.91. The number of rotatable bonds is 4. The molecule has 3 rings (SSSR count). The van der Waals surface area contributed by atoms with Crippen LogP contribution in [-0.2, 0) is 6.54 Å². The molecule has 0 amide bonds. The van der Waals surface area contributed by atoms with E-state index in [0.717, 1.165) is 38.6 Å². The molecule has 1 saturated heterocycles. The number of aliphatic imine (C=N–C) groups is 1. The molecule has 0 radical (unpaired) electrons. The Morgan fingerprint density at radius 3 is 2.92 bits per heavy atom. The number of guanidine groups is 1. The molecule has 0 atom stereocenters. The van der Waals surface area contributed by atoms with Gasteiger partial charge in [0.2, 0.25) is 0 Å². The molecule has 6 heteroatoms. The van der Waals surface area contributed by atoms with Gasteiger partial charge in [0.15, 0.2) is 5.96 Å². The summed E-state index contributed by atoms with van der Waals surface area (Å²) in [7, 11) is 1.91. The van der Waals surface area contributed by atoms with E-state index in [2.05, 4.69) is 45.2 Å². The van der Waals surface area contributed by atoms with Gasteiger partial charge in [-0.3, -0.25) is 9.67 Å². The van der Waals surface area contributed by atoms with E-state index in [1.54, 1.807) is 0 Å². The molecule has 1 spiro atoms. The summed E-state index contributed by atoms with van der Waals surface area (Å²) in [4.78, 5) is 7.02. The number of thioether (sulfide) groups is 1. The van der Waals surface area contributed by atoms with E-state index in [1.807, 2.05) is 17.9 Å². The maximum Gasteiger partial charge on any atom is 0.193 e. The fraction of sp³-hybridized carbons (Fsp3) is 0.778. The second-order valence-electron chi connectivity index (χ2n) is 7.12. The Hall–Kier alpha value is -1.17. The average Bonchev–Trinajstić information content (AvgIpc) is 3.01. The quantitative estimate of drug-likeness (QED) is 0.516. The van der Waals surface area contributed by atoms with Crippen LogP contribution in [0.25, 0.3) is 0 Å². The van der Waals surface area contributed by atoms with Gasteiger partial charge in [-0.1, -0.05) is 19.3 Å². The lowest BCUT2D eigenvalue weighted by Crippen LogP contribution is -2.53. The van der Waals surface area contributed by atoms with Crippen molar-refractivity contribution in [1.82, 2.24) is 20.0 Å². The predicted molar refractivity (Wildman–Crippen MR) is 103 cm³/mol. The number of hydrogen-bond acceptors (Lipinski definition) is 3. The number of nitrogens with one attached hydrogen (secondary N) is 1. The summed E-state index contributed by atoms with van der Waals surface area (Å²) in [6.07, 6.45) is 12.1. The highest BCUT2D eigenvalue weighted by Crippen LogP contribution is 2.42. The van der Waals surface area contributed by atoms with Crippen LogP contribution in [0.1, 0.15) is 44.1 Å². The summed E-state index contributed by atoms with van der Waals surface area (Å²) in [5.41, 5.74) is 1.22. The third kappa shape index (κ3) is 4.47. The standard InChI is InChI=1S/C18H31N5S/c1-16-13-21-23(14-16)10-6-9-20-17(19-2)22-11-12-24-18(15-22)7-4-3-5-8-18/h13-14H,3-12,15H2,1-2H3,(H,19,20). The molecule has 1 aliphatic carbocycles. The number of aryl methyl sites for hydroxylation is 2. The Balaban J connectivity index is 1.46. The zero-order valence-electron chi connectivity index (χ0n) is 15.1. The van der Waals surface area contributed by atoms with Crippen molar-refractivity contribution in [3.63, 3.8) is 0 Å². The van der Waals surface area contributed by atoms with Gasteiger partial charge in [0.25, 0.3) is 0 Å². The van der Waals surface area contributed by atoms with E-state index in [0.29, 0.717) is 4.75 Å². The lowest BCUT2D eigenvalue weighted by molar-refractivity contribution is 0.293. The van der Waals surface area contributed by atoms with Gasteiger partial charge < -0.3 is 10.2 Å². The van der Waals surface area contributed by atoms with Crippen LogP contribution < -0.4 is 5.32 Å². The van der Waals surface area contributed by atoms with E-state index >= 15 is 0 Å². The minimum Gasteiger partial charge on any atom is -0.356 e. The number of hydrogen-bond donors (Lipinski definition) is 1. The lowest BCUT2D eigenvalue weighted by Gasteiger charge is -2.45. The van der Waals surface area contributed by atoms with Crippen molar-refractivity contribution in [2.24, 2.45) is 4.99 Å². The molecule has 5 nitrogen and oxygen atoms in total. The third-order valence-corrected chi connectivity index (χ3v) is 6.67. The summed E-state index contributed by atoms with van der Waals surface area (Å²) < 4.78 is 2.51. The summed E-state index contributed by atoms with van der Waals surface area (Å²) in [6, 6.07) is 0. The van der Waals surface area contributed by atoms with E-state index in [4.69, 9.17) is 0 Å². The van der Waals surface area contributed by atoms with Crippen LogP contribution in [0.3, 0.4) is 0 Å². The molecular weight excluding hydrogens is 318 g/mol. The van der Waals surface area contributed by atoms with Gasteiger partial charge in [-0.05, 0) is 31.7 Å². The molecule has 1 N–H and O–H groups in total. The van der Waals surface area contributed by atoms with Crippen molar-refractivity contribution in [3.8, 4) is 0 Å². The van der Waals surface area contributed by atoms with Crippen LogP contribution in [0.15, 0.2) is 17.4 Å². The maximum atomic E-state index is 4.54. The molecule has 0 aromatic carbocycles. The predicted octanol–water partition coefficient (Wildman–Crippen LogP) is 2.91. The van der Waals surface area contributed by atoms with Crippen molar-refractivity contribution < 1.29 is 0 Å². The molecule has 1 saturated carbocycles. The van der Waals surface area contributed by atoms with Crippen molar-refractivity contribution in [2.75, 3.05) is 32.4 Å². The largest absolute Gasteiger partial charge is 0.356 e. The van der Waals surface area contributed by atoms with E-state index < -0.39 is 0 Å². The Morgan fingerprint density at radius 2 is 2.21 bits per heavy atom. The molecule has 0 bridgehead atoms. The monoisotopic (exact) mass is 349 g/mol. The molecule has 2 aliphatic rings. The molecule has 24 heavy (non-hydrogen) atoms. The molecule has 2 heterocycles. The van der Waals surface area contributed by atoms with Crippen molar-refractivity contribution in [1.29, 1.82) is 0 Å². The lowest BCUT2D eigenvalue weighted by atomic mass is 9.87. The zero-order valence-corrected chi connectivity index (χ0v) is 15.9. The van der Waals surface area contributed by atoms with Crippen LogP contribution in [0.5, 0.6) is 0 Å². The molecule has 134 valence electrons. The smallest absolute Gasteiger partial charge is 0.193 e. The summed E-state index contributed by atoms with van der Waals surface area (Å²) in [5.74, 6) is 2.31. The molecule has 2 fully saturated rings. The fourth-order valence-electron chi connectivity index (χ4n) is 3.89. The van der Waals surface area contributed by atoms with Crippen molar-refractivity contribution in [2.45, 2.75) is 56.7 Å². The van der Waals surface area contributed by atoms with Gasteiger partial charge in [0.1, 0.15) is 0 Å². The third-order valence-electron chi connectivity index (χ3n) is 5.13. The molecule has 1 aromatic heterocycles. The Kier molecular flexibility index (Phi) is 6.09. The summed E-state index contributed by atoms with van der Waals surface area (Å²) in [6.45, 7) is 6.26. The minimum atomic E-state index is 0.487. The van der Waals surface area contributed by atoms with Crippen LogP contribution >= 0.6 is 11.8 Å². The van der Waals surface area contributed by atoms with Crippen LogP contribution in [0.4, 0.5) is 0 Å².